The van der Waals surface area contributed by atoms with Crippen LogP contribution in [0.2, 0.25) is 0 Å². The average Bonchev–Trinajstić information content (AvgIpc) is 2.94. The average molecular weight is 277 g/mol. The van der Waals surface area contributed by atoms with Crippen LogP contribution in [0.3, 0.4) is 0 Å². The smallest absolute Gasteiger partial charge is 0.0995 e. The highest BCUT2D eigenvalue weighted by atomic mass is 32.1. The molecule has 0 aliphatic carbocycles. The van der Waals surface area contributed by atoms with Gasteiger partial charge < -0.3 is 4.57 Å². The highest BCUT2D eigenvalue weighted by Gasteiger charge is 2.24. The summed E-state index contributed by atoms with van der Waals surface area (Å²) in [6.45, 7) is 4.39. The number of hydrogen-bond donors (Lipinski definition) is 0. The minimum Gasteiger partial charge on any atom is -0.300 e. The van der Waals surface area contributed by atoms with Crippen LogP contribution in [0.25, 0.3) is 0 Å². The number of thiocarbonyl (C=S) groups is 1. The second-order valence-corrected chi connectivity index (χ2v) is 5.37. The summed E-state index contributed by atoms with van der Waals surface area (Å²) in [6.07, 6.45) is 11.5. The summed E-state index contributed by atoms with van der Waals surface area (Å²) in [5.41, 5.74) is 0. The monoisotopic (exact) mass is 277 g/mol. The number of rotatable bonds is 8. The molecule has 1 aromatic rings. The van der Waals surface area contributed by atoms with Gasteiger partial charge >= 0.3 is 0 Å². The number of hydrogen-bond acceptors (Lipinski definition) is 3. The number of nitrogens with zero attached hydrogens (tertiary/aromatic N) is 3. The Labute approximate surface area is 121 Å². The van der Waals surface area contributed by atoms with E-state index < -0.39 is 0 Å². The SMILES string of the molecule is CCCC(CCC#N)C(CCC)C(=S)n1ccnc1. The fraction of sp³-hybridized carbons (Fsp3) is 0.667. The van der Waals surface area contributed by atoms with Crippen LogP contribution in [0.1, 0.15) is 52.4 Å². The van der Waals surface area contributed by atoms with Crippen molar-refractivity contribution in [3.05, 3.63) is 18.7 Å². The van der Waals surface area contributed by atoms with Crippen LogP contribution < -0.4 is 0 Å². The third-order valence-electron chi connectivity index (χ3n) is 3.53. The molecule has 0 N–H and O–H groups in total. The summed E-state index contributed by atoms with van der Waals surface area (Å²) in [6, 6.07) is 2.26. The van der Waals surface area contributed by atoms with Crippen molar-refractivity contribution in [1.29, 1.82) is 5.26 Å². The van der Waals surface area contributed by atoms with Gasteiger partial charge in [0.2, 0.25) is 0 Å². The molecule has 0 saturated heterocycles. The van der Waals surface area contributed by atoms with E-state index in [0.29, 0.717) is 18.3 Å². The third-order valence-corrected chi connectivity index (χ3v) is 4.04. The highest BCUT2D eigenvalue weighted by molar-refractivity contribution is 7.80. The molecule has 0 aromatic carbocycles. The van der Waals surface area contributed by atoms with E-state index in [1.165, 1.54) is 0 Å². The zero-order valence-electron chi connectivity index (χ0n) is 11.9. The predicted molar refractivity (Wildman–Crippen MR) is 81.9 cm³/mol. The van der Waals surface area contributed by atoms with Crippen molar-refractivity contribution in [3.63, 3.8) is 0 Å². The molecule has 0 bridgehead atoms. The Morgan fingerprint density at radius 2 is 2.05 bits per heavy atom. The fourth-order valence-electron chi connectivity index (χ4n) is 2.62. The lowest BCUT2D eigenvalue weighted by atomic mass is 9.82. The first-order valence-corrected chi connectivity index (χ1v) is 7.54. The van der Waals surface area contributed by atoms with Crippen molar-refractivity contribution >= 4 is 17.2 Å². The Morgan fingerprint density at radius 1 is 1.32 bits per heavy atom. The number of imidazole rings is 1. The van der Waals surface area contributed by atoms with Gasteiger partial charge in [0.1, 0.15) is 0 Å². The van der Waals surface area contributed by atoms with Crippen LogP contribution >= 0.6 is 12.2 Å². The molecular weight excluding hydrogens is 254 g/mol. The van der Waals surface area contributed by atoms with Gasteiger partial charge in [-0.15, -0.1) is 0 Å². The van der Waals surface area contributed by atoms with Gasteiger partial charge in [0.15, 0.2) is 0 Å². The van der Waals surface area contributed by atoms with Crippen molar-refractivity contribution in [2.45, 2.75) is 52.4 Å². The van der Waals surface area contributed by atoms with E-state index in [-0.39, 0.29) is 0 Å². The van der Waals surface area contributed by atoms with Crippen molar-refractivity contribution in [2.24, 2.45) is 11.8 Å². The summed E-state index contributed by atoms with van der Waals surface area (Å²) in [5.74, 6) is 0.891. The van der Waals surface area contributed by atoms with E-state index >= 15 is 0 Å². The Balaban J connectivity index is 2.83. The third kappa shape index (κ3) is 4.76. The van der Waals surface area contributed by atoms with Crippen molar-refractivity contribution in [2.75, 3.05) is 0 Å². The minimum atomic E-state index is 0.377. The van der Waals surface area contributed by atoms with E-state index in [1.54, 1.807) is 12.5 Å². The molecule has 0 amide bonds. The molecular formula is C15H23N3S. The zero-order chi connectivity index (χ0) is 14.1. The summed E-state index contributed by atoms with van der Waals surface area (Å²) >= 11 is 5.64. The topological polar surface area (TPSA) is 41.6 Å². The molecule has 4 heteroatoms. The Hall–Kier alpha value is -1.21. The molecule has 104 valence electrons. The normalized spacial score (nSPS) is 13.7. The van der Waals surface area contributed by atoms with Crippen molar-refractivity contribution < 1.29 is 0 Å². The molecule has 0 spiro atoms. The van der Waals surface area contributed by atoms with Crippen LogP contribution in [-0.4, -0.2) is 14.5 Å². The highest BCUT2D eigenvalue weighted by Crippen LogP contribution is 2.29. The summed E-state index contributed by atoms with van der Waals surface area (Å²) < 4.78 is 1.95. The molecule has 0 aliphatic heterocycles. The van der Waals surface area contributed by atoms with Crippen LogP contribution in [0.4, 0.5) is 0 Å². The van der Waals surface area contributed by atoms with Gasteiger partial charge in [0.05, 0.1) is 17.4 Å². The van der Waals surface area contributed by atoms with Crippen molar-refractivity contribution in [1.82, 2.24) is 9.55 Å². The lowest BCUT2D eigenvalue weighted by Gasteiger charge is -2.27. The summed E-state index contributed by atoms with van der Waals surface area (Å²) in [4.78, 5) is 5.03. The summed E-state index contributed by atoms with van der Waals surface area (Å²) in [7, 11) is 0. The predicted octanol–water partition coefficient (Wildman–Crippen LogP) is 4.19. The number of nitriles is 1. The lowest BCUT2D eigenvalue weighted by molar-refractivity contribution is 0.344. The Morgan fingerprint density at radius 3 is 2.58 bits per heavy atom. The fourth-order valence-corrected chi connectivity index (χ4v) is 3.04. The first-order chi connectivity index (χ1) is 9.24. The van der Waals surface area contributed by atoms with E-state index in [9.17, 15) is 0 Å². The Bertz CT molecular complexity index is 406. The minimum absolute atomic E-state index is 0.377. The van der Waals surface area contributed by atoms with Gasteiger partial charge in [-0.3, -0.25) is 0 Å². The Kier molecular flexibility index (Phi) is 7.35. The van der Waals surface area contributed by atoms with Gasteiger partial charge in [-0.25, -0.2) is 4.98 Å². The molecule has 2 unspecified atom stereocenters. The largest absolute Gasteiger partial charge is 0.300 e. The number of aromatic nitrogens is 2. The molecule has 0 fully saturated rings. The molecule has 1 heterocycles. The van der Waals surface area contributed by atoms with Crippen LogP contribution in [-0.2, 0) is 0 Å². The molecule has 0 saturated carbocycles. The first kappa shape index (κ1) is 15.8. The van der Waals surface area contributed by atoms with Gasteiger partial charge in [-0.05, 0) is 18.8 Å². The van der Waals surface area contributed by atoms with Gasteiger partial charge in [-0.1, -0.05) is 45.3 Å². The quantitative estimate of drug-likeness (QED) is 0.669. The molecule has 1 aromatic heterocycles. The lowest BCUT2D eigenvalue weighted by Crippen LogP contribution is -2.27. The van der Waals surface area contributed by atoms with E-state index in [0.717, 1.165) is 37.1 Å². The second-order valence-electron chi connectivity index (χ2n) is 4.95. The maximum absolute atomic E-state index is 8.82. The first-order valence-electron chi connectivity index (χ1n) is 7.13. The maximum Gasteiger partial charge on any atom is 0.0995 e. The van der Waals surface area contributed by atoms with Crippen molar-refractivity contribution in [3.8, 4) is 6.07 Å². The second kappa shape index (κ2) is 8.82. The molecule has 1 rings (SSSR count). The van der Waals surface area contributed by atoms with Gasteiger partial charge in [0.25, 0.3) is 0 Å². The van der Waals surface area contributed by atoms with E-state index in [4.69, 9.17) is 17.5 Å². The molecule has 0 radical (unpaired) electrons. The molecule has 3 nitrogen and oxygen atoms in total. The van der Waals surface area contributed by atoms with Gasteiger partial charge in [0, 0.05) is 24.7 Å². The molecule has 2 atom stereocenters. The van der Waals surface area contributed by atoms with Crippen LogP contribution in [0.15, 0.2) is 18.7 Å². The molecule has 19 heavy (non-hydrogen) atoms. The zero-order valence-corrected chi connectivity index (χ0v) is 12.7. The van der Waals surface area contributed by atoms with E-state index in [1.807, 2.05) is 10.8 Å². The van der Waals surface area contributed by atoms with Crippen LogP contribution in [0.5, 0.6) is 0 Å². The van der Waals surface area contributed by atoms with Crippen LogP contribution in [0, 0.1) is 23.2 Å². The maximum atomic E-state index is 8.82. The van der Waals surface area contributed by atoms with Gasteiger partial charge in [-0.2, -0.15) is 5.26 Å². The van der Waals surface area contributed by atoms with E-state index in [2.05, 4.69) is 24.9 Å². The summed E-state index contributed by atoms with van der Waals surface area (Å²) in [5, 5.41) is 8.82. The standard InChI is InChI=1S/C15H23N3S/c1-3-6-13(8-5-9-16)14(7-4-2)15(19)18-11-10-17-12-18/h10-14H,3-8H2,1-2H3. The molecule has 0 aliphatic rings.